The molecule has 1 heterocycles. The minimum Gasteiger partial charge on any atom is -0.497 e. The van der Waals surface area contributed by atoms with Crippen LogP contribution in [0.3, 0.4) is 0 Å². The summed E-state index contributed by atoms with van der Waals surface area (Å²) in [6.07, 6.45) is -0.748. The van der Waals surface area contributed by atoms with Crippen molar-refractivity contribution in [2.45, 2.75) is 63.8 Å². The van der Waals surface area contributed by atoms with Crippen molar-refractivity contribution in [3.63, 3.8) is 0 Å². The van der Waals surface area contributed by atoms with E-state index in [0.29, 0.717) is 31.9 Å². The van der Waals surface area contributed by atoms with E-state index in [1.165, 1.54) is 29.3 Å². The van der Waals surface area contributed by atoms with Gasteiger partial charge in [-0.05, 0) is 126 Å². The second-order valence-electron chi connectivity index (χ2n) is 14.1. The highest BCUT2D eigenvalue weighted by molar-refractivity contribution is 14.1. The van der Waals surface area contributed by atoms with Crippen LogP contribution in [0.4, 0.5) is 10.5 Å². The maximum Gasteiger partial charge on any atom is 0.407 e. The highest BCUT2D eigenvalue weighted by Gasteiger charge is 2.38. The fourth-order valence-corrected chi connectivity index (χ4v) is 9.30. The molecule has 0 saturated carbocycles. The second kappa shape index (κ2) is 19.3. The molecule has 0 bridgehead atoms. The molecule has 1 unspecified atom stereocenters. The van der Waals surface area contributed by atoms with Gasteiger partial charge in [-0.25, -0.2) is 22.1 Å². The molecule has 1 aromatic heterocycles. The van der Waals surface area contributed by atoms with Crippen LogP contribution in [0.15, 0.2) is 89.8 Å². The van der Waals surface area contributed by atoms with E-state index in [-0.39, 0.29) is 48.2 Å². The fourth-order valence-electron chi connectivity index (χ4n) is 5.89. The molecular weight excluding hydrogens is 902 g/mol. The summed E-state index contributed by atoms with van der Waals surface area (Å²) in [4.78, 5) is 12.3. The zero-order valence-electron chi connectivity index (χ0n) is 33.1. The number of carbonyl (C=O) groups is 1. The largest absolute Gasteiger partial charge is 0.497 e. The standard InChI is InChI=1S/C39H46IN7O9S2/c1-26(25-56-38(48)41-39(2,3)4)47(57(49)50)34-21-20-33(40)35(37-42-43-44-46(37)24-29-12-18-32(55-7)19-13-29)36(34)58(51,52)45(22-27-8-14-30(53-5)15-9-27)23-28-10-16-31(54-6)17-11-28/h8-21,26H,22-25H2,1-7H3,(H,41,48)(H,49,50)/t26-/m1/s1. The van der Waals surface area contributed by atoms with E-state index in [1.807, 2.05) is 34.7 Å². The number of ether oxygens (including phenoxy) is 4. The lowest BCUT2D eigenvalue weighted by molar-refractivity contribution is 0.133. The van der Waals surface area contributed by atoms with Crippen LogP contribution in [0.25, 0.3) is 11.4 Å². The first-order valence-corrected chi connectivity index (χ1v) is 21.5. The third kappa shape index (κ3) is 11.0. The Morgan fingerprint density at radius 3 is 1.83 bits per heavy atom. The van der Waals surface area contributed by atoms with Crippen LogP contribution in [0.1, 0.15) is 44.4 Å². The van der Waals surface area contributed by atoms with Crippen molar-refractivity contribution in [2.24, 2.45) is 0 Å². The van der Waals surface area contributed by atoms with E-state index in [2.05, 4.69) is 20.8 Å². The lowest BCUT2D eigenvalue weighted by atomic mass is 10.1. The molecule has 4 aromatic carbocycles. The number of alkyl carbamates (subject to hydrolysis) is 1. The van der Waals surface area contributed by atoms with Crippen molar-refractivity contribution in [1.29, 1.82) is 0 Å². The topological polar surface area (TPSA) is 188 Å². The average molecular weight is 948 g/mol. The Hall–Kier alpha value is -4.83. The molecule has 58 heavy (non-hydrogen) atoms. The summed E-state index contributed by atoms with van der Waals surface area (Å²) >= 11 is -0.811. The van der Waals surface area contributed by atoms with Gasteiger partial charge in [0.25, 0.3) is 11.3 Å². The summed E-state index contributed by atoms with van der Waals surface area (Å²) in [6.45, 7) is 6.46. The van der Waals surface area contributed by atoms with Crippen LogP contribution in [-0.2, 0) is 45.7 Å². The third-order valence-corrected chi connectivity index (χ3v) is 12.4. The van der Waals surface area contributed by atoms with Crippen LogP contribution in [0, 0.1) is 3.57 Å². The third-order valence-electron chi connectivity index (χ3n) is 8.71. The summed E-state index contributed by atoms with van der Waals surface area (Å²) < 4.78 is 81.3. The molecule has 16 nitrogen and oxygen atoms in total. The van der Waals surface area contributed by atoms with Gasteiger partial charge in [0, 0.05) is 22.2 Å². The number of nitrogens with one attached hydrogen (secondary N) is 1. The number of tetrazole rings is 1. The molecule has 0 radical (unpaired) electrons. The van der Waals surface area contributed by atoms with Gasteiger partial charge in [0.2, 0.25) is 10.0 Å². The number of hydrogen-bond donors (Lipinski definition) is 2. The first-order chi connectivity index (χ1) is 27.5. The lowest BCUT2D eigenvalue weighted by Crippen LogP contribution is -2.44. The molecule has 0 aliphatic heterocycles. The molecule has 5 aromatic rings. The van der Waals surface area contributed by atoms with Crippen molar-refractivity contribution in [3.8, 4) is 28.6 Å². The van der Waals surface area contributed by atoms with Gasteiger partial charge in [-0.1, -0.05) is 36.4 Å². The molecule has 5 rings (SSSR count). The van der Waals surface area contributed by atoms with Crippen LogP contribution >= 0.6 is 22.6 Å². The van der Waals surface area contributed by atoms with Gasteiger partial charge in [0.1, 0.15) is 28.8 Å². The van der Waals surface area contributed by atoms with Gasteiger partial charge in [-0.2, -0.15) is 4.31 Å². The van der Waals surface area contributed by atoms with Crippen LogP contribution < -0.4 is 23.8 Å². The van der Waals surface area contributed by atoms with Crippen molar-refractivity contribution in [2.75, 3.05) is 32.2 Å². The van der Waals surface area contributed by atoms with Crippen molar-refractivity contribution >= 4 is 55.7 Å². The lowest BCUT2D eigenvalue weighted by Gasteiger charge is -2.32. The predicted octanol–water partition coefficient (Wildman–Crippen LogP) is 6.27. The minimum atomic E-state index is -4.67. The number of hydrogen-bond acceptors (Lipinski definition) is 11. The number of anilines is 1. The quantitative estimate of drug-likeness (QED) is 0.0788. The van der Waals surface area contributed by atoms with Gasteiger partial charge in [-0.3, -0.25) is 8.86 Å². The summed E-state index contributed by atoms with van der Waals surface area (Å²) in [6, 6.07) is 23.3. The molecular formula is C39H46IN7O9S2. The van der Waals surface area contributed by atoms with Gasteiger partial charge in [0.05, 0.1) is 45.2 Å². The SMILES string of the molecule is COc1ccc(CN(Cc2ccc(OC)cc2)S(=O)(=O)c2c(N([C@H](C)COC(=O)NC(C)(C)C)S(=O)O)ccc(I)c2-c2nnnn2Cc2ccc(OC)cc2)cc1. The Morgan fingerprint density at radius 1 is 0.862 bits per heavy atom. The maximum absolute atomic E-state index is 15.7. The number of aromatic nitrogens is 4. The average Bonchev–Trinajstić information content (AvgIpc) is 3.64. The van der Waals surface area contributed by atoms with Gasteiger partial charge in [-0.15, -0.1) is 5.10 Å². The zero-order valence-corrected chi connectivity index (χ0v) is 36.9. The molecule has 2 atom stereocenters. The van der Waals surface area contributed by atoms with E-state index in [1.54, 1.807) is 102 Å². The molecule has 19 heteroatoms. The maximum atomic E-state index is 15.7. The highest BCUT2D eigenvalue weighted by atomic mass is 127. The van der Waals surface area contributed by atoms with Crippen molar-refractivity contribution < 1.29 is 40.9 Å². The summed E-state index contributed by atoms with van der Waals surface area (Å²) in [5.74, 6) is 1.92. The Labute approximate surface area is 354 Å². The molecule has 0 saturated heterocycles. The molecule has 0 fully saturated rings. The minimum absolute atomic E-state index is 0.0895. The van der Waals surface area contributed by atoms with Crippen LogP contribution in [0.2, 0.25) is 0 Å². The first-order valence-electron chi connectivity index (χ1n) is 17.9. The Balaban J connectivity index is 1.72. The molecule has 0 spiro atoms. The summed E-state index contributed by atoms with van der Waals surface area (Å²) in [5.41, 5.74) is 1.43. The molecule has 0 aliphatic carbocycles. The van der Waals surface area contributed by atoms with Crippen molar-refractivity contribution in [3.05, 3.63) is 105 Å². The van der Waals surface area contributed by atoms with E-state index in [9.17, 15) is 13.6 Å². The fraction of sp³-hybridized carbons (Fsp3) is 0.333. The summed E-state index contributed by atoms with van der Waals surface area (Å²) in [5, 5.41) is 15.2. The zero-order chi connectivity index (χ0) is 42.2. The molecule has 1 amide bonds. The van der Waals surface area contributed by atoms with E-state index >= 15 is 8.42 Å². The monoisotopic (exact) mass is 947 g/mol. The van der Waals surface area contributed by atoms with E-state index < -0.39 is 39.0 Å². The number of amides is 1. The predicted molar refractivity (Wildman–Crippen MR) is 227 cm³/mol. The molecule has 310 valence electrons. The number of sulfonamides is 1. The molecule has 0 aliphatic rings. The second-order valence-corrected chi connectivity index (χ2v) is 18.0. The van der Waals surface area contributed by atoms with Gasteiger partial charge < -0.3 is 24.3 Å². The number of rotatable bonds is 17. The van der Waals surface area contributed by atoms with Crippen molar-refractivity contribution in [1.82, 2.24) is 29.8 Å². The Kier molecular flexibility index (Phi) is 14.7. The normalized spacial score (nSPS) is 12.8. The number of halogens is 1. The number of benzene rings is 4. The van der Waals surface area contributed by atoms with Gasteiger partial charge >= 0.3 is 6.09 Å². The molecule has 2 N–H and O–H groups in total. The van der Waals surface area contributed by atoms with E-state index in [4.69, 9.17) is 18.9 Å². The van der Waals surface area contributed by atoms with Gasteiger partial charge in [0.15, 0.2) is 5.82 Å². The number of carbonyl (C=O) groups excluding carboxylic acids is 1. The van der Waals surface area contributed by atoms with Crippen LogP contribution in [0.5, 0.6) is 17.2 Å². The number of nitrogens with zero attached hydrogens (tertiary/aromatic N) is 6. The Morgan fingerprint density at radius 2 is 1.36 bits per heavy atom. The first kappa shape index (κ1) is 44.3. The van der Waals surface area contributed by atoms with Crippen LogP contribution in [-0.4, -0.2) is 87.3 Å². The smallest absolute Gasteiger partial charge is 0.407 e. The number of methoxy groups -OCH3 is 3. The Bertz CT molecular complexity index is 2250. The summed E-state index contributed by atoms with van der Waals surface area (Å²) in [7, 11) is -0.0289. The van der Waals surface area contributed by atoms with E-state index in [0.717, 1.165) is 9.87 Å². The highest BCUT2D eigenvalue weighted by Crippen LogP contribution is 2.41.